The lowest BCUT2D eigenvalue weighted by Crippen LogP contribution is -2.26. The number of benzene rings is 2. The minimum atomic E-state index is 0.645. The Morgan fingerprint density at radius 3 is 2.45 bits per heavy atom. The molecule has 0 unspecified atom stereocenters. The van der Waals surface area contributed by atoms with E-state index in [1.54, 1.807) is 0 Å². The Kier molecular flexibility index (Phi) is 3.47. The first kappa shape index (κ1) is 13.6. The summed E-state index contributed by atoms with van der Waals surface area (Å²) < 4.78 is 0. The summed E-state index contributed by atoms with van der Waals surface area (Å²) in [6, 6.07) is 17.4. The highest BCUT2D eigenvalue weighted by molar-refractivity contribution is 5.92. The predicted octanol–water partition coefficient (Wildman–Crippen LogP) is 4.61. The molecule has 0 atom stereocenters. The number of hydrogen-bond donors (Lipinski definition) is 2. The second kappa shape index (κ2) is 5.62. The number of aryl methyl sites for hydroxylation is 1. The zero-order chi connectivity index (χ0) is 14.9. The van der Waals surface area contributed by atoms with Gasteiger partial charge in [0.05, 0.1) is 5.69 Å². The van der Waals surface area contributed by atoms with Crippen LogP contribution in [0.4, 0.5) is 0 Å². The van der Waals surface area contributed by atoms with Crippen molar-refractivity contribution in [2.45, 2.75) is 25.7 Å². The Labute approximate surface area is 131 Å². The van der Waals surface area contributed by atoms with Crippen molar-refractivity contribution in [2.75, 3.05) is 13.1 Å². The van der Waals surface area contributed by atoms with Crippen LogP contribution in [0.3, 0.4) is 0 Å². The monoisotopic (exact) mass is 290 g/mol. The molecule has 0 aliphatic carbocycles. The molecule has 112 valence electrons. The molecule has 0 amide bonds. The molecule has 0 radical (unpaired) electrons. The quantitative estimate of drug-likeness (QED) is 0.708. The van der Waals surface area contributed by atoms with E-state index in [0.29, 0.717) is 5.92 Å². The summed E-state index contributed by atoms with van der Waals surface area (Å²) in [6.45, 7) is 4.45. The highest BCUT2D eigenvalue weighted by Crippen LogP contribution is 2.39. The Morgan fingerprint density at radius 2 is 1.64 bits per heavy atom. The second-order valence-corrected chi connectivity index (χ2v) is 6.30. The van der Waals surface area contributed by atoms with Crippen LogP contribution in [0.15, 0.2) is 48.5 Å². The molecule has 3 aromatic rings. The normalized spacial score (nSPS) is 16.2. The van der Waals surface area contributed by atoms with Gasteiger partial charge >= 0.3 is 0 Å². The van der Waals surface area contributed by atoms with Gasteiger partial charge < -0.3 is 10.3 Å². The van der Waals surface area contributed by atoms with Gasteiger partial charge in [-0.05, 0) is 56.0 Å². The Morgan fingerprint density at radius 1 is 0.909 bits per heavy atom. The van der Waals surface area contributed by atoms with Crippen molar-refractivity contribution in [3.05, 3.63) is 59.7 Å². The Hall–Kier alpha value is -2.06. The Balaban J connectivity index is 1.95. The lowest BCUT2D eigenvalue weighted by atomic mass is 9.86. The molecule has 1 aliphatic rings. The average Bonchev–Trinajstić information content (AvgIpc) is 2.95. The van der Waals surface area contributed by atoms with Crippen LogP contribution in [0, 0.1) is 6.92 Å². The number of hydrogen-bond acceptors (Lipinski definition) is 1. The molecule has 1 aromatic heterocycles. The number of piperidine rings is 1. The van der Waals surface area contributed by atoms with E-state index < -0.39 is 0 Å². The van der Waals surface area contributed by atoms with E-state index in [2.05, 4.69) is 65.8 Å². The lowest BCUT2D eigenvalue weighted by molar-refractivity contribution is 0.463. The zero-order valence-corrected chi connectivity index (χ0v) is 13.0. The van der Waals surface area contributed by atoms with Crippen LogP contribution >= 0.6 is 0 Å². The van der Waals surface area contributed by atoms with Crippen LogP contribution in [-0.4, -0.2) is 18.1 Å². The van der Waals surface area contributed by atoms with Crippen molar-refractivity contribution in [3.8, 4) is 11.3 Å². The summed E-state index contributed by atoms with van der Waals surface area (Å²) in [6.07, 6.45) is 2.45. The maximum absolute atomic E-state index is 3.70. The third-order valence-electron chi connectivity index (χ3n) is 4.91. The van der Waals surface area contributed by atoms with Gasteiger partial charge in [0.2, 0.25) is 0 Å². The third kappa shape index (κ3) is 2.24. The fourth-order valence-electron chi connectivity index (χ4n) is 3.76. The predicted molar refractivity (Wildman–Crippen MR) is 93.3 cm³/mol. The molecule has 2 heterocycles. The van der Waals surface area contributed by atoms with Crippen LogP contribution in [0.25, 0.3) is 22.2 Å². The Bertz CT molecular complexity index is 794. The lowest BCUT2D eigenvalue weighted by Gasteiger charge is -2.24. The fourth-order valence-corrected chi connectivity index (χ4v) is 3.76. The summed E-state index contributed by atoms with van der Waals surface area (Å²) in [4.78, 5) is 3.70. The van der Waals surface area contributed by atoms with Gasteiger partial charge in [-0.1, -0.05) is 42.5 Å². The van der Waals surface area contributed by atoms with Gasteiger partial charge in [0.25, 0.3) is 0 Å². The van der Waals surface area contributed by atoms with E-state index in [1.165, 1.54) is 46.1 Å². The minimum absolute atomic E-state index is 0.645. The van der Waals surface area contributed by atoms with Gasteiger partial charge in [-0.25, -0.2) is 0 Å². The molecule has 2 heteroatoms. The van der Waals surface area contributed by atoms with Crippen molar-refractivity contribution >= 4 is 10.9 Å². The van der Waals surface area contributed by atoms with Crippen LogP contribution in [0.5, 0.6) is 0 Å². The van der Waals surface area contributed by atoms with Gasteiger partial charge in [-0.15, -0.1) is 0 Å². The number of rotatable bonds is 2. The van der Waals surface area contributed by atoms with E-state index in [4.69, 9.17) is 0 Å². The molecular weight excluding hydrogens is 268 g/mol. The van der Waals surface area contributed by atoms with Gasteiger partial charge in [0.1, 0.15) is 0 Å². The SMILES string of the molecule is Cc1ccccc1-c1[nH]c2ccccc2c1C1CCNCC1. The molecule has 0 spiro atoms. The highest BCUT2D eigenvalue weighted by Gasteiger charge is 2.23. The van der Waals surface area contributed by atoms with Crippen LogP contribution in [0.2, 0.25) is 0 Å². The summed E-state index contributed by atoms with van der Waals surface area (Å²) in [7, 11) is 0. The number of fused-ring (bicyclic) bond motifs is 1. The number of aromatic amines is 1. The van der Waals surface area contributed by atoms with E-state index in [-0.39, 0.29) is 0 Å². The number of aromatic nitrogens is 1. The van der Waals surface area contributed by atoms with E-state index in [9.17, 15) is 0 Å². The number of H-pyrrole nitrogens is 1. The van der Waals surface area contributed by atoms with Crippen LogP contribution in [0.1, 0.15) is 29.9 Å². The van der Waals surface area contributed by atoms with Crippen molar-refractivity contribution in [1.29, 1.82) is 0 Å². The molecule has 2 N–H and O–H groups in total. The van der Waals surface area contributed by atoms with Gasteiger partial charge in [0, 0.05) is 16.5 Å². The van der Waals surface area contributed by atoms with Crippen molar-refractivity contribution in [3.63, 3.8) is 0 Å². The van der Waals surface area contributed by atoms with Crippen LogP contribution < -0.4 is 5.32 Å². The molecule has 22 heavy (non-hydrogen) atoms. The minimum Gasteiger partial charge on any atom is -0.354 e. The molecule has 1 saturated heterocycles. The molecular formula is C20H22N2. The summed E-state index contributed by atoms with van der Waals surface area (Å²) in [5.74, 6) is 0.645. The first-order valence-corrected chi connectivity index (χ1v) is 8.22. The van der Waals surface area contributed by atoms with E-state index in [1.807, 2.05) is 0 Å². The number of nitrogens with one attached hydrogen (secondary N) is 2. The van der Waals surface area contributed by atoms with Crippen molar-refractivity contribution in [1.82, 2.24) is 10.3 Å². The molecule has 1 fully saturated rings. The largest absolute Gasteiger partial charge is 0.354 e. The van der Waals surface area contributed by atoms with E-state index >= 15 is 0 Å². The fraction of sp³-hybridized carbons (Fsp3) is 0.300. The number of para-hydroxylation sites is 1. The first-order chi connectivity index (χ1) is 10.8. The molecule has 0 saturated carbocycles. The standard InChI is InChI=1S/C20H22N2/c1-14-6-2-3-7-16(14)20-19(15-10-12-21-13-11-15)17-8-4-5-9-18(17)22-20/h2-9,15,21-22H,10-13H2,1H3. The summed E-state index contributed by atoms with van der Waals surface area (Å²) in [5.41, 5.74) is 6.78. The third-order valence-corrected chi connectivity index (χ3v) is 4.91. The first-order valence-electron chi connectivity index (χ1n) is 8.22. The van der Waals surface area contributed by atoms with Gasteiger partial charge in [-0.2, -0.15) is 0 Å². The molecule has 2 nitrogen and oxygen atoms in total. The van der Waals surface area contributed by atoms with Gasteiger partial charge in [0.15, 0.2) is 0 Å². The van der Waals surface area contributed by atoms with E-state index in [0.717, 1.165) is 13.1 Å². The van der Waals surface area contributed by atoms with Crippen molar-refractivity contribution < 1.29 is 0 Å². The second-order valence-electron chi connectivity index (χ2n) is 6.30. The highest BCUT2D eigenvalue weighted by atomic mass is 14.9. The zero-order valence-electron chi connectivity index (χ0n) is 13.0. The maximum atomic E-state index is 3.70. The average molecular weight is 290 g/mol. The smallest absolute Gasteiger partial charge is 0.0502 e. The summed E-state index contributed by atoms with van der Waals surface area (Å²) in [5, 5.41) is 4.88. The van der Waals surface area contributed by atoms with Crippen molar-refractivity contribution in [2.24, 2.45) is 0 Å². The topological polar surface area (TPSA) is 27.8 Å². The maximum Gasteiger partial charge on any atom is 0.0502 e. The van der Waals surface area contributed by atoms with Gasteiger partial charge in [-0.3, -0.25) is 0 Å². The van der Waals surface area contributed by atoms with Crippen LogP contribution in [-0.2, 0) is 0 Å². The molecule has 0 bridgehead atoms. The molecule has 1 aliphatic heterocycles. The molecule has 4 rings (SSSR count). The molecule has 2 aromatic carbocycles. The summed E-state index contributed by atoms with van der Waals surface area (Å²) >= 11 is 0.